The Labute approximate surface area is 325 Å². The van der Waals surface area contributed by atoms with Crippen LogP contribution in [0.1, 0.15) is 63.8 Å². The number of aromatic amines is 1. The summed E-state index contributed by atoms with van der Waals surface area (Å²) in [5.41, 5.74) is 22.2. The van der Waals surface area contributed by atoms with Gasteiger partial charge in [-0.05, 0) is 123 Å². The minimum atomic E-state index is -0.0245. The van der Waals surface area contributed by atoms with Gasteiger partial charge >= 0.3 is 0 Å². The second-order valence-electron chi connectivity index (χ2n) is 18.1. The maximum absolute atomic E-state index is 3.96. The van der Waals surface area contributed by atoms with Gasteiger partial charge in [-0.2, -0.15) is 0 Å². The Bertz CT molecular complexity index is 3020. The van der Waals surface area contributed by atoms with Crippen molar-refractivity contribution >= 4 is 61.8 Å². The number of hydrogen-bond acceptors (Lipinski definition) is 0. The van der Waals surface area contributed by atoms with Gasteiger partial charge in [-0.25, -0.2) is 0 Å². The number of aryl methyl sites for hydroxylation is 2. The molecule has 0 atom stereocenters. The molecule has 268 valence electrons. The number of H-pyrrole nitrogens is 1. The summed E-state index contributed by atoms with van der Waals surface area (Å²) in [7, 11) is 0.863. The number of nitrogens with one attached hydrogen (secondary N) is 1. The van der Waals surface area contributed by atoms with Gasteiger partial charge in [0.25, 0.3) is 0 Å². The molecular formula is C52H47BN2. The van der Waals surface area contributed by atoms with Crippen molar-refractivity contribution in [3.05, 3.63) is 150 Å². The number of nitrogens with zero attached hydrogens (tertiary/aromatic N) is 1. The molecule has 0 fully saturated rings. The first kappa shape index (κ1) is 33.7. The Balaban J connectivity index is 1.31. The molecule has 0 aliphatic carbocycles. The number of benzene rings is 7. The van der Waals surface area contributed by atoms with Crippen LogP contribution in [-0.2, 0) is 10.8 Å². The highest BCUT2D eigenvalue weighted by Gasteiger charge is 2.30. The molecule has 1 aliphatic rings. The molecule has 3 heterocycles. The Morgan fingerprint density at radius 1 is 0.527 bits per heavy atom. The molecule has 3 heteroatoms. The van der Waals surface area contributed by atoms with Gasteiger partial charge in [-0.3, -0.25) is 0 Å². The quantitative estimate of drug-likeness (QED) is 0.176. The lowest BCUT2D eigenvalue weighted by Gasteiger charge is -2.28. The van der Waals surface area contributed by atoms with Crippen molar-refractivity contribution in [2.45, 2.75) is 66.2 Å². The van der Waals surface area contributed by atoms with Crippen LogP contribution in [0.25, 0.3) is 82.7 Å². The van der Waals surface area contributed by atoms with Crippen LogP contribution in [-0.4, -0.2) is 16.8 Å². The van der Waals surface area contributed by atoms with Gasteiger partial charge in [0.15, 0.2) is 7.28 Å². The molecule has 2 aromatic heterocycles. The zero-order chi connectivity index (χ0) is 38.0. The van der Waals surface area contributed by atoms with Gasteiger partial charge in [0.05, 0.1) is 11.0 Å². The first-order valence-electron chi connectivity index (χ1n) is 19.8. The Hall–Kier alpha value is -5.80. The summed E-state index contributed by atoms with van der Waals surface area (Å²) in [4.78, 5) is 3.96. The standard InChI is InChI=1S/C52H47BN2/c1-30-23-31(2)49-47(46(30)42-29-37(52(6,7)8)28-40-38-27-36(51(3,4)5)20-21-44(38)54-48(40)42)53-43-26-35(33-17-13-10-14-18-33)25-41-39-24-34(32-15-11-9-12-16-32)19-22-45(39)55(49)50(41)43/h9-29,53-54H,1-8H3. The summed E-state index contributed by atoms with van der Waals surface area (Å²) in [5.74, 6) is 0. The van der Waals surface area contributed by atoms with Crippen LogP contribution in [0.3, 0.4) is 0 Å². The van der Waals surface area contributed by atoms with Crippen molar-refractivity contribution < 1.29 is 0 Å². The van der Waals surface area contributed by atoms with E-state index in [1.54, 1.807) is 0 Å². The lowest BCUT2D eigenvalue weighted by Crippen LogP contribution is -2.38. The second-order valence-corrected chi connectivity index (χ2v) is 18.1. The number of fused-ring (bicyclic) bond motifs is 8. The topological polar surface area (TPSA) is 20.7 Å². The third-order valence-electron chi connectivity index (χ3n) is 12.2. The fourth-order valence-electron chi connectivity index (χ4n) is 9.41. The van der Waals surface area contributed by atoms with Crippen molar-refractivity contribution in [2.75, 3.05) is 0 Å². The van der Waals surface area contributed by atoms with Crippen LogP contribution in [0.4, 0.5) is 0 Å². The normalized spacial score (nSPS) is 12.9. The summed E-state index contributed by atoms with van der Waals surface area (Å²) in [5, 5.41) is 5.23. The highest BCUT2D eigenvalue weighted by molar-refractivity contribution is 6.73. The SMILES string of the molecule is Cc1cc(C)c2c(c1-c1cc(C(C)(C)C)cc3c1[nH]c1ccc(C(C)(C)C)cc13)Bc1cc(-c3ccccc3)cc3c4cc(-c5ccccc5)ccc4n-2c13. The maximum atomic E-state index is 3.96. The maximum Gasteiger partial charge on any atom is 0.198 e. The van der Waals surface area contributed by atoms with E-state index in [4.69, 9.17) is 0 Å². The molecule has 0 bridgehead atoms. The van der Waals surface area contributed by atoms with Crippen molar-refractivity contribution in [1.82, 2.24) is 9.55 Å². The molecule has 0 spiro atoms. The van der Waals surface area contributed by atoms with Crippen LogP contribution < -0.4 is 10.9 Å². The van der Waals surface area contributed by atoms with Crippen molar-refractivity contribution in [2.24, 2.45) is 0 Å². The smallest absolute Gasteiger partial charge is 0.198 e. The third-order valence-corrected chi connectivity index (χ3v) is 12.2. The first-order chi connectivity index (χ1) is 26.3. The lowest BCUT2D eigenvalue weighted by atomic mass is 9.57. The number of aromatic nitrogens is 2. The van der Waals surface area contributed by atoms with Crippen molar-refractivity contribution in [1.29, 1.82) is 0 Å². The van der Waals surface area contributed by atoms with E-state index in [0.29, 0.717) is 0 Å². The molecule has 1 N–H and O–H groups in total. The van der Waals surface area contributed by atoms with Gasteiger partial charge < -0.3 is 9.55 Å². The van der Waals surface area contributed by atoms with Gasteiger partial charge in [0.1, 0.15) is 0 Å². The van der Waals surface area contributed by atoms with E-state index in [1.807, 2.05) is 0 Å². The molecule has 0 saturated heterocycles. The minimum absolute atomic E-state index is 0.0245. The molecule has 0 radical (unpaired) electrons. The molecule has 2 nitrogen and oxygen atoms in total. The van der Waals surface area contributed by atoms with Gasteiger partial charge in [-0.15, -0.1) is 0 Å². The van der Waals surface area contributed by atoms with Crippen LogP contribution in [0.5, 0.6) is 0 Å². The van der Waals surface area contributed by atoms with Crippen LogP contribution in [0.15, 0.2) is 127 Å². The minimum Gasteiger partial charge on any atom is -0.354 e. The summed E-state index contributed by atoms with van der Waals surface area (Å²) in [6.07, 6.45) is 0. The Kier molecular flexibility index (Phi) is 7.27. The number of rotatable bonds is 3. The molecule has 0 saturated carbocycles. The van der Waals surface area contributed by atoms with E-state index in [0.717, 1.165) is 7.28 Å². The molecule has 0 unspecified atom stereocenters. The highest BCUT2D eigenvalue weighted by Crippen LogP contribution is 2.43. The first-order valence-corrected chi connectivity index (χ1v) is 19.8. The van der Waals surface area contributed by atoms with Gasteiger partial charge in [0, 0.05) is 43.8 Å². The number of hydrogen-bond donors (Lipinski definition) is 1. The second kappa shape index (κ2) is 11.9. The molecular weight excluding hydrogens is 663 g/mol. The fourth-order valence-corrected chi connectivity index (χ4v) is 9.41. The summed E-state index contributed by atoms with van der Waals surface area (Å²) in [6, 6.07) is 48.1. The largest absolute Gasteiger partial charge is 0.354 e. The monoisotopic (exact) mass is 710 g/mol. The molecule has 1 aliphatic heterocycles. The van der Waals surface area contributed by atoms with E-state index < -0.39 is 0 Å². The molecule has 10 rings (SSSR count). The van der Waals surface area contributed by atoms with Crippen molar-refractivity contribution in [3.63, 3.8) is 0 Å². The van der Waals surface area contributed by atoms with E-state index in [9.17, 15) is 0 Å². The summed E-state index contributed by atoms with van der Waals surface area (Å²) >= 11 is 0. The Morgan fingerprint density at radius 2 is 1.18 bits per heavy atom. The molecule has 9 aromatic rings. The predicted molar refractivity (Wildman–Crippen MR) is 240 cm³/mol. The van der Waals surface area contributed by atoms with Crippen LogP contribution >= 0.6 is 0 Å². The van der Waals surface area contributed by atoms with Crippen LogP contribution in [0.2, 0.25) is 0 Å². The summed E-state index contributed by atoms with van der Waals surface area (Å²) < 4.78 is 2.60. The average Bonchev–Trinajstić information content (AvgIpc) is 3.70. The fraction of sp³-hybridized carbons (Fsp3) is 0.192. The third kappa shape index (κ3) is 5.24. The zero-order valence-corrected chi connectivity index (χ0v) is 33.3. The zero-order valence-electron chi connectivity index (χ0n) is 33.3. The average molecular weight is 711 g/mol. The van der Waals surface area contributed by atoms with E-state index in [2.05, 4.69) is 192 Å². The lowest BCUT2D eigenvalue weighted by molar-refractivity contribution is 0.590. The van der Waals surface area contributed by atoms with E-state index in [1.165, 1.54) is 116 Å². The highest BCUT2D eigenvalue weighted by atomic mass is 15.0. The molecule has 7 aromatic carbocycles. The predicted octanol–water partition coefficient (Wildman–Crippen LogP) is 12.3. The van der Waals surface area contributed by atoms with Gasteiger partial charge in [0.2, 0.25) is 0 Å². The Morgan fingerprint density at radius 3 is 1.87 bits per heavy atom. The van der Waals surface area contributed by atoms with E-state index in [-0.39, 0.29) is 10.8 Å². The van der Waals surface area contributed by atoms with Gasteiger partial charge in [-0.1, -0.05) is 132 Å². The van der Waals surface area contributed by atoms with E-state index >= 15 is 0 Å². The van der Waals surface area contributed by atoms with Crippen molar-refractivity contribution in [3.8, 4) is 39.1 Å². The molecule has 55 heavy (non-hydrogen) atoms. The van der Waals surface area contributed by atoms with Crippen LogP contribution in [0, 0.1) is 13.8 Å². The summed E-state index contributed by atoms with van der Waals surface area (Å²) in [6.45, 7) is 18.6. The molecule has 0 amide bonds.